The van der Waals surface area contributed by atoms with Crippen molar-refractivity contribution < 1.29 is 23.9 Å². The first kappa shape index (κ1) is 19.0. The van der Waals surface area contributed by atoms with Gasteiger partial charge in [-0.3, -0.25) is 14.5 Å². The van der Waals surface area contributed by atoms with Crippen LogP contribution in [-0.2, 0) is 4.79 Å². The first-order valence-electron chi connectivity index (χ1n) is 9.00. The Balaban J connectivity index is 1.72. The highest BCUT2D eigenvalue weighted by molar-refractivity contribution is 6.07. The van der Waals surface area contributed by atoms with Crippen LogP contribution in [0.15, 0.2) is 18.2 Å². The maximum absolute atomic E-state index is 12.8. The minimum Gasteiger partial charge on any atom is -0.493 e. The van der Waals surface area contributed by atoms with Gasteiger partial charge in [0.1, 0.15) is 5.54 Å². The molecule has 0 unspecified atom stereocenters. The van der Waals surface area contributed by atoms with Gasteiger partial charge in [-0.15, -0.1) is 0 Å². The van der Waals surface area contributed by atoms with E-state index in [1.54, 1.807) is 23.1 Å². The second-order valence-corrected chi connectivity index (χ2v) is 7.14. The number of likely N-dealkylation sites (tertiary alicyclic amines) is 1. The summed E-state index contributed by atoms with van der Waals surface area (Å²) in [5.41, 5.74) is -0.399. The lowest BCUT2D eigenvalue weighted by molar-refractivity contribution is -0.133. The van der Waals surface area contributed by atoms with Crippen molar-refractivity contribution in [3.63, 3.8) is 0 Å². The summed E-state index contributed by atoms with van der Waals surface area (Å²) in [7, 11) is 3.06. The number of methoxy groups -OCH3 is 2. The molecule has 0 aliphatic carbocycles. The average molecular weight is 375 g/mol. The van der Waals surface area contributed by atoms with E-state index in [0.29, 0.717) is 43.0 Å². The molecule has 2 saturated heterocycles. The van der Waals surface area contributed by atoms with E-state index in [1.165, 1.54) is 19.1 Å². The molecule has 1 spiro atoms. The van der Waals surface area contributed by atoms with Crippen LogP contribution in [-0.4, -0.2) is 66.5 Å². The molecule has 0 bridgehead atoms. The fraction of sp³-hybridized carbons (Fsp3) is 0.526. The van der Waals surface area contributed by atoms with Crippen LogP contribution in [0.5, 0.6) is 11.5 Å². The molecule has 8 heteroatoms. The molecule has 2 fully saturated rings. The van der Waals surface area contributed by atoms with E-state index in [9.17, 15) is 14.4 Å². The van der Waals surface area contributed by atoms with Crippen molar-refractivity contribution in [2.45, 2.75) is 38.3 Å². The quantitative estimate of drug-likeness (QED) is 0.809. The SMILES string of the molecule is COc1ccc(C(=O)N2CCC3(CC2)NC(=O)N(C(C)C)C3=O)cc1OC. The van der Waals surface area contributed by atoms with Crippen molar-refractivity contribution in [2.75, 3.05) is 27.3 Å². The maximum atomic E-state index is 12.8. The number of piperidine rings is 1. The average Bonchev–Trinajstić information content (AvgIpc) is 2.90. The molecule has 0 saturated carbocycles. The van der Waals surface area contributed by atoms with Gasteiger partial charge in [-0.2, -0.15) is 0 Å². The fourth-order valence-corrected chi connectivity index (χ4v) is 3.69. The van der Waals surface area contributed by atoms with Crippen molar-refractivity contribution in [1.29, 1.82) is 0 Å². The Labute approximate surface area is 158 Å². The number of ether oxygens (including phenoxy) is 2. The van der Waals surface area contributed by atoms with Crippen LogP contribution in [0.2, 0.25) is 0 Å². The van der Waals surface area contributed by atoms with E-state index in [-0.39, 0.29) is 23.9 Å². The van der Waals surface area contributed by atoms with E-state index >= 15 is 0 Å². The lowest BCUT2D eigenvalue weighted by Crippen LogP contribution is -2.56. The Bertz CT molecular complexity index is 769. The normalized spacial score (nSPS) is 18.9. The largest absolute Gasteiger partial charge is 0.493 e. The second kappa shape index (κ2) is 7.09. The Morgan fingerprint density at radius 3 is 2.26 bits per heavy atom. The number of carbonyl (C=O) groups is 3. The van der Waals surface area contributed by atoms with Crippen LogP contribution in [0.3, 0.4) is 0 Å². The number of nitrogens with zero attached hydrogens (tertiary/aromatic N) is 2. The summed E-state index contributed by atoms with van der Waals surface area (Å²) in [5, 5.41) is 2.85. The molecule has 3 rings (SSSR count). The number of benzene rings is 1. The molecular formula is C19H25N3O5. The molecule has 2 aliphatic rings. The van der Waals surface area contributed by atoms with Gasteiger partial charge in [0.2, 0.25) is 0 Å². The molecule has 1 N–H and O–H groups in total. The van der Waals surface area contributed by atoms with Crippen molar-refractivity contribution in [1.82, 2.24) is 15.1 Å². The topological polar surface area (TPSA) is 88.2 Å². The summed E-state index contributed by atoms with van der Waals surface area (Å²) in [4.78, 5) is 40.7. The number of urea groups is 1. The minimum atomic E-state index is -0.893. The molecule has 4 amide bonds. The predicted molar refractivity (Wildman–Crippen MR) is 97.9 cm³/mol. The molecule has 0 radical (unpaired) electrons. The van der Waals surface area contributed by atoms with Crippen LogP contribution >= 0.6 is 0 Å². The van der Waals surface area contributed by atoms with E-state index in [0.717, 1.165) is 0 Å². The Morgan fingerprint density at radius 2 is 1.74 bits per heavy atom. The molecule has 2 heterocycles. The fourth-order valence-electron chi connectivity index (χ4n) is 3.69. The number of hydrogen-bond donors (Lipinski definition) is 1. The molecular weight excluding hydrogens is 350 g/mol. The smallest absolute Gasteiger partial charge is 0.325 e. The van der Waals surface area contributed by atoms with Crippen LogP contribution < -0.4 is 14.8 Å². The number of carbonyl (C=O) groups excluding carboxylic acids is 3. The van der Waals surface area contributed by atoms with Gasteiger partial charge in [0.25, 0.3) is 11.8 Å². The second-order valence-electron chi connectivity index (χ2n) is 7.14. The Morgan fingerprint density at radius 1 is 1.11 bits per heavy atom. The zero-order valence-corrected chi connectivity index (χ0v) is 16.1. The summed E-state index contributed by atoms with van der Waals surface area (Å²) >= 11 is 0. The van der Waals surface area contributed by atoms with Crippen LogP contribution in [0.4, 0.5) is 4.79 Å². The van der Waals surface area contributed by atoms with E-state index in [1.807, 2.05) is 13.8 Å². The third kappa shape index (κ3) is 3.20. The molecule has 2 aliphatic heterocycles. The van der Waals surface area contributed by atoms with Crippen LogP contribution in [0.25, 0.3) is 0 Å². The van der Waals surface area contributed by atoms with Gasteiger partial charge in [0.05, 0.1) is 14.2 Å². The number of hydrogen-bond acceptors (Lipinski definition) is 5. The maximum Gasteiger partial charge on any atom is 0.325 e. The van der Waals surface area contributed by atoms with Gasteiger partial charge < -0.3 is 19.7 Å². The molecule has 1 aromatic carbocycles. The molecule has 27 heavy (non-hydrogen) atoms. The van der Waals surface area contributed by atoms with Crippen molar-refractivity contribution in [3.05, 3.63) is 23.8 Å². The Hall–Kier alpha value is -2.77. The van der Waals surface area contributed by atoms with E-state index in [2.05, 4.69) is 5.32 Å². The third-order valence-electron chi connectivity index (χ3n) is 5.24. The van der Waals surface area contributed by atoms with Crippen molar-refractivity contribution in [2.24, 2.45) is 0 Å². The van der Waals surface area contributed by atoms with Gasteiger partial charge in [0.15, 0.2) is 11.5 Å². The summed E-state index contributed by atoms with van der Waals surface area (Å²) in [6, 6.07) is 4.49. The van der Waals surface area contributed by atoms with Crippen molar-refractivity contribution in [3.8, 4) is 11.5 Å². The Kier molecular flexibility index (Phi) is 4.99. The highest BCUT2D eigenvalue weighted by atomic mass is 16.5. The first-order chi connectivity index (χ1) is 12.8. The lowest BCUT2D eigenvalue weighted by Gasteiger charge is -2.37. The molecule has 0 atom stereocenters. The van der Waals surface area contributed by atoms with E-state index in [4.69, 9.17) is 9.47 Å². The monoisotopic (exact) mass is 375 g/mol. The molecule has 0 aromatic heterocycles. The first-order valence-corrected chi connectivity index (χ1v) is 9.00. The molecule has 146 valence electrons. The van der Waals surface area contributed by atoms with Gasteiger partial charge in [0, 0.05) is 24.7 Å². The predicted octanol–water partition coefficient (Wildman–Crippen LogP) is 1.64. The zero-order valence-electron chi connectivity index (χ0n) is 16.1. The van der Waals surface area contributed by atoms with Gasteiger partial charge in [-0.05, 0) is 44.9 Å². The highest BCUT2D eigenvalue weighted by Crippen LogP contribution is 2.32. The number of rotatable bonds is 4. The van der Waals surface area contributed by atoms with Crippen LogP contribution in [0.1, 0.15) is 37.0 Å². The lowest BCUT2D eigenvalue weighted by atomic mass is 9.87. The van der Waals surface area contributed by atoms with Gasteiger partial charge >= 0.3 is 6.03 Å². The molecule has 8 nitrogen and oxygen atoms in total. The zero-order chi connectivity index (χ0) is 19.8. The third-order valence-corrected chi connectivity index (χ3v) is 5.24. The van der Waals surface area contributed by atoms with E-state index < -0.39 is 5.54 Å². The summed E-state index contributed by atoms with van der Waals surface area (Å²) < 4.78 is 10.5. The standard InChI is InChI=1S/C19H25N3O5/c1-12(2)22-17(24)19(20-18(22)25)7-9-21(10-8-19)16(23)13-5-6-14(26-3)15(11-13)27-4/h5-6,11-12H,7-10H2,1-4H3,(H,20,25). The minimum absolute atomic E-state index is 0.136. The summed E-state index contributed by atoms with van der Waals surface area (Å²) in [5.74, 6) is 0.714. The summed E-state index contributed by atoms with van der Waals surface area (Å²) in [6.45, 7) is 4.41. The van der Waals surface area contributed by atoms with Gasteiger partial charge in [-0.1, -0.05) is 0 Å². The van der Waals surface area contributed by atoms with Crippen LogP contribution in [0, 0.1) is 0 Å². The highest BCUT2D eigenvalue weighted by Gasteiger charge is 2.53. The summed E-state index contributed by atoms with van der Waals surface area (Å²) in [6.07, 6.45) is 0.805. The number of imide groups is 1. The molecule has 1 aromatic rings. The number of nitrogens with one attached hydrogen (secondary N) is 1. The van der Waals surface area contributed by atoms with Crippen molar-refractivity contribution >= 4 is 17.8 Å². The van der Waals surface area contributed by atoms with Gasteiger partial charge in [-0.25, -0.2) is 4.79 Å². The number of amides is 4.